The van der Waals surface area contributed by atoms with Crippen LogP contribution in [0.5, 0.6) is 0 Å². The predicted molar refractivity (Wildman–Crippen MR) is 109 cm³/mol. The Morgan fingerprint density at radius 1 is 1.17 bits per heavy atom. The van der Waals surface area contributed by atoms with E-state index in [1.807, 2.05) is 0 Å². The van der Waals surface area contributed by atoms with Crippen molar-refractivity contribution in [3.63, 3.8) is 0 Å². The molecule has 8 nitrogen and oxygen atoms in total. The maximum absolute atomic E-state index is 12.3. The van der Waals surface area contributed by atoms with Crippen LogP contribution in [0.1, 0.15) is 51.9 Å². The monoisotopic (exact) mass is 401 g/mol. The summed E-state index contributed by atoms with van der Waals surface area (Å²) >= 11 is 0. The summed E-state index contributed by atoms with van der Waals surface area (Å²) in [5, 5.41) is 3.34. The van der Waals surface area contributed by atoms with E-state index in [-0.39, 0.29) is 24.9 Å². The molecule has 29 heavy (non-hydrogen) atoms. The van der Waals surface area contributed by atoms with Crippen molar-refractivity contribution in [1.82, 2.24) is 14.9 Å². The molecule has 1 saturated carbocycles. The number of carbonyl (C=O) groups is 2. The molecule has 1 aliphatic carbocycles. The molecule has 8 heteroatoms. The second-order valence-corrected chi connectivity index (χ2v) is 7.51. The Kier molecular flexibility index (Phi) is 6.85. The summed E-state index contributed by atoms with van der Waals surface area (Å²) in [6.07, 6.45) is 5.50. The lowest BCUT2D eigenvalue weighted by Crippen LogP contribution is -2.42. The van der Waals surface area contributed by atoms with Gasteiger partial charge in [-0.3, -0.25) is 23.9 Å². The SMILES string of the molecule is C[C@H](OC(=O)CCn1c(=O)[nH]c(=O)c2ccccc21)C(=O)NC1CCCCCC1. The molecule has 1 heterocycles. The van der Waals surface area contributed by atoms with Gasteiger partial charge in [-0.05, 0) is 31.9 Å². The van der Waals surface area contributed by atoms with Crippen LogP contribution in [0.15, 0.2) is 33.9 Å². The van der Waals surface area contributed by atoms with E-state index < -0.39 is 23.3 Å². The molecule has 2 N–H and O–H groups in total. The maximum Gasteiger partial charge on any atom is 0.328 e. The topological polar surface area (TPSA) is 110 Å². The maximum atomic E-state index is 12.3. The van der Waals surface area contributed by atoms with Crippen LogP contribution in [0, 0.1) is 0 Å². The Hall–Kier alpha value is -2.90. The smallest absolute Gasteiger partial charge is 0.328 e. The highest BCUT2D eigenvalue weighted by Crippen LogP contribution is 2.17. The lowest BCUT2D eigenvalue weighted by atomic mass is 10.1. The highest BCUT2D eigenvalue weighted by Gasteiger charge is 2.22. The highest BCUT2D eigenvalue weighted by atomic mass is 16.5. The van der Waals surface area contributed by atoms with Gasteiger partial charge in [-0.15, -0.1) is 0 Å². The van der Waals surface area contributed by atoms with Crippen molar-refractivity contribution in [3.05, 3.63) is 45.1 Å². The summed E-state index contributed by atoms with van der Waals surface area (Å²) in [4.78, 5) is 50.8. The number of ether oxygens (including phenoxy) is 1. The summed E-state index contributed by atoms with van der Waals surface area (Å²) < 4.78 is 6.57. The summed E-state index contributed by atoms with van der Waals surface area (Å²) in [7, 11) is 0. The van der Waals surface area contributed by atoms with Crippen molar-refractivity contribution in [1.29, 1.82) is 0 Å². The number of benzene rings is 1. The molecule has 1 aromatic heterocycles. The third-order valence-electron chi connectivity index (χ3n) is 5.32. The Labute approximate surface area is 168 Å². The minimum absolute atomic E-state index is 0.0475. The van der Waals surface area contributed by atoms with Gasteiger partial charge < -0.3 is 10.1 Å². The first-order valence-corrected chi connectivity index (χ1v) is 10.2. The van der Waals surface area contributed by atoms with Gasteiger partial charge in [-0.1, -0.05) is 37.8 Å². The Balaban J connectivity index is 1.57. The average molecular weight is 401 g/mol. The highest BCUT2D eigenvalue weighted by molar-refractivity contribution is 5.83. The van der Waals surface area contributed by atoms with Gasteiger partial charge in [0, 0.05) is 12.6 Å². The number of carbonyl (C=O) groups excluding carboxylic acids is 2. The summed E-state index contributed by atoms with van der Waals surface area (Å²) in [6, 6.07) is 6.82. The standard InChI is InChI=1S/C21H27N3O5/c1-14(19(26)22-15-8-4-2-3-5-9-15)29-18(25)12-13-24-17-11-7-6-10-16(17)20(27)23-21(24)28/h6-7,10-11,14-15H,2-5,8-9,12-13H2,1H3,(H,22,26)(H,23,27,28)/t14-/m0/s1. The molecule has 0 unspecified atom stereocenters. The number of rotatable bonds is 6. The molecule has 0 spiro atoms. The lowest BCUT2D eigenvalue weighted by Gasteiger charge is -2.19. The first kappa shape index (κ1) is 20.8. The normalized spacial score (nSPS) is 16.2. The number of aromatic amines is 1. The van der Waals surface area contributed by atoms with Crippen LogP contribution in [0.4, 0.5) is 0 Å². The van der Waals surface area contributed by atoms with Crippen molar-refractivity contribution in [2.45, 2.75) is 70.6 Å². The predicted octanol–water partition coefficient (Wildman–Crippen LogP) is 1.85. The minimum atomic E-state index is -0.894. The summed E-state index contributed by atoms with van der Waals surface area (Å²) in [6.45, 7) is 1.59. The van der Waals surface area contributed by atoms with Crippen molar-refractivity contribution < 1.29 is 14.3 Å². The lowest BCUT2D eigenvalue weighted by molar-refractivity contribution is -0.155. The zero-order chi connectivity index (χ0) is 20.8. The van der Waals surface area contributed by atoms with Crippen molar-refractivity contribution >= 4 is 22.8 Å². The Morgan fingerprint density at radius 3 is 2.59 bits per heavy atom. The molecule has 1 fully saturated rings. The van der Waals surface area contributed by atoms with Crippen LogP contribution < -0.4 is 16.6 Å². The second kappa shape index (κ2) is 9.54. The van der Waals surface area contributed by atoms with Crippen LogP contribution in [-0.4, -0.2) is 33.6 Å². The van der Waals surface area contributed by atoms with E-state index in [1.165, 1.54) is 17.4 Å². The van der Waals surface area contributed by atoms with Crippen LogP contribution in [0.3, 0.4) is 0 Å². The number of fused-ring (bicyclic) bond motifs is 1. The third-order valence-corrected chi connectivity index (χ3v) is 5.32. The van der Waals surface area contributed by atoms with Crippen molar-refractivity contribution in [2.24, 2.45) is 0 Å². The van der Waals surface area contributed by atoms with Crippen LogP contribution in [0.2, 0.25) is 0 Å². The zero-order valence-corrected chi connectivity index (χ0v) is 16.6. The molecule has 1 aromatic carbocycles. The number of nitrogens with one attached hydrogen (secondary N) is 2. The zero-order valence-electron chi connectivity index (χ0n) is 16.6. The van der Waals surface area contributed by atoms with E-state index in [1.54, 1.807) is 31.2 Å². The van der Waals surface area contributed by atoms with Gasteiger partial charge in [-0.2, -0.15) is 0 Å². The fourth-order valence-corrected chi connectivity index (χ4v) is 3.72. The number of hydrogen-bond donors (Lipinski definition) is 2. The third kappa shape index (κ3) is 5.34. The number of hydrogen-bond acceptors (Lipinski definition) is 5. The van der Waals surface area contributed by atoms with E-state index in [2.05, 4.69) is 10.3 Å². The first-order chi connectivity index (χ1) is 14.0. The molecular weight excluding hydrogens is 374 g/mol. The van der Waals surface area contributed by atoms with E-state index in [9.17, 15) is 19.2 Å². The molecule has 0 bridgehead atoms. The molecule has 1 amide bonds. The quantitative estimate of drug-likeness (QED) is 0.567. The van der Waals surface area contributed by atoms with E-state index in [0.29, 0.717) is 10.9 Å². The summed E-state index contributed by atoms with van der Waals surface area (Å²) in [5.74, 6) is -0.868. The number of esters is 1. The van der Waals surface area contributed by atoms with Gasteiger partial charge in [0.15, 0.2) is 6.10 Å². The fraction of sp³-hybridized carbons (Fsp3) is 0.524. The molecule has 0 saturated heterocycles. The molecule has 0 aliphatic heterocycles. The van der Waals surface area contributed by atoms with Gasteiger partial charge >= 0.3 is 11.7 Å². The van der Waals surface area contributed by atoms with E-state index >= 15 is 0 Å². The summed E-state index contributed by atoms with van der Waals surface area (Å²) in [5.41, 5.74) is -0.595. The molecule has 1 aliphatic rings. The van der Waals surface area contributed by atoms with Crippen LogP contribution in [-0.2, 0) is 20.9 Å². The van der Waals surface area contributed by atoms with E-state index in [4.69, 9.17) is 4.74 Å². The van der Waals surface area contributed by atoms with Gasteiger partial charge in [0.1, 0.15) is 0 Å². The average Bonchev–Trinajstić information content (AvgIpc) is 2.96. The Bertz CT molecular complexity index is 986. The number of amides is 1. The molecule has 0 radical (unpaired) electrons. The fourth-order valence-electron chi connectivity index (χ4n) is 3.72. The van der Waals surface area contributed by atoms with Crippen molar-refractivity contribution in [3.8, 4) is 0 Å². The molecule has 3 rings (SSSR count). The van der Waals surface area contributed by atoms with E-state index in [0.717, 1.165) is 25.7 Å². The largest absolute Gasteiger partial charge is 0.452 e. The molecule has 1 atom stereocenters. The van der Waals surface area contributed by atoms with Gasteiger partial charge in [0.2, 0.25) is 0 Å². The minimum Gasteiger partial charge on any atom is -0.452 e. The molecule has 2 aromatic rings. The number of aryl methyl sites for hydroxylation is 1. The molecular formula is C21H27N3O5. The van der Waals surface area contributed by atoms with Gasteiger partial charge in [-0.25, -0.2) is 4.79 Å². The second-order valence-electron chi connectivity index (χ2n) is 7.51. The molecule has 156 valence electrons. The number of nitrogens with zero attached hydrogens (tertiary/aromatic N) is 1. The van der Waals surface area contributed by atoms with Crippen molar-refractivity contribution in [2.75, 3.05) is 0 Å². The van der Waals surface area contributed by atoms with Crippen LogP contribution in [0.25, 0.3) is 10.9 Å². The van der Waals surface area contributed by atoms with Crippen LogP contribution >= 0.6 is 0 Å². The van der Waals surface area contributed by atoms with Gasteiger partial charge in [0.05, 0.1) is 17.3 Å². The number of H-pyrrole nitrogens is 1. The number of para-hydroxylation sites is 1. The number of aromatic nitrogens is 2. The Morgan fingerprint density at radius 2 is 1.86 bits per heavy atom. The first-order valence-electron chi connectivity index (χ1n) is 10.2. The van der Waals surface area contributed by atoms with Gasteiger partial charge in [0.25, 0.3) is 11.5 Å².